The van der Waals surface area contributed by atoms with Crippen LogP contribution in [0.5, 0.6) is 0 Å². The van der Waals surface area contributed by atoms with Crippen molar-refractivity contribution >= 4 is 11.5 Å². The summed E-state index contributed by atoms with van der Waals surface area (Å²) in [5, 5.41) is 0. The minimum absolute atomic E-state index is 0.318. The summed E-state index contributed by atoms with van der Waals surface area (Å²) in [6.45, 7) is 9.12. The molecule has 1 aliphatic rings. The Balaban J connectivity index is 2.47. The first-order valence-corrected chi connectivity index (χ1v) is 9.67. The molecule has 0 aromatic carbocycles. The molecule has 0 radical (unpaired) electrons. The molecule has 1 aromatic rings. The summed E-state index contributed by atoms with van der Waals surface area (Å²) in [6.07, 6.45) is 2.43. The summed E-state index contributed by atoms with van der Waals surface area (Å²) in [5.74, 6) is 1.82. The van der Waals surface area contributed by atoms with E-state index in [1.54, 1.807) is 0 Å². The summed E-state index contributed by atoms with van der Waals surface area (Å²) in [5.41, 5.74) is 1.35. The molecule has 2 heterocycles. The van der Waals surface area contributed by atoms with E-state index < -0.39 is 0 Å². The van der Waals surface area contributed by atoms with Gasteiger partial charge < -0.3 is 0 Å². The van der Waals surface area contributed by atoms with Crippen molar-refractivity contribution in [3.63, 3.8) is 0 Å². The molecule has 2 rings (SSSR count). The van der Waals surface area contributed by atoms with E-state index in [9.17, 15) is 0 Å². The number of hydrogen-bond donors (Lipinski definition) is 0. The van der Waals surface area contributed by atoms with E-state index in [1.807, 2.05) is 12.3 Å². The second-order valence-electron chi connectivity index (χ2n) is 5.12. The molecule has 0 saturated heterocycles. The maximum absolute atomic E-state index is 4.57. The molecule has 0 saturated carbocycles. The van der Waals surface area contributed by atoms with Gasteiger partial charge in [-0.05, 0) is 0 Å². The van der Waals surface area contributed by atoms with Crippen molar-refractivity contribution in [2.24, 2.45) is 5.92 Å². The Bertz CT molecular complexity index is 378. The van der Waals surface area contributed by atoms with Gasteiger partial charge in [0.25, 0.3) is 0 Å². The molecule has 0 amide bonds. The fourth-order valence-electron chi connectivity index (χ4n) is 2.64. The number of pyridine rings is 1. The number of hydrogen-bond acceptors (Lipinski definition) is 3. The van der Waals surface area contributed by atoms with Crippen LogP contribution in [0.2, 0.25) is 0 Å². The number of nitrogens with zero attached hydrogens (tertiary/aromatic N) is 3. The molecular formula is C12H19N3Ra. The van der Waals surface area contributed by atoms with E-state index in [0.717, 1.165) is 0 Å². The van der Waals surface area contributed by atoms with Crippen LogP contribution in [0.25, 0.3) is 0 Å². The van der Waals surface area contributed by atoms with E-state index in [2.05, 4.69) is 44.1 Å². The first kappa shape index (κ1) is 12.7. The number of rotatable bonds is 2. The Morgan fingerprint density at radius 3 is 2.56 bits per heavy atom. The van der Waals surface area contributed by atoms with Crippen LogP contribution >= 0.6 is 0 Å². The average molecular weight is 431 g/mol. The third-order valence-corrected chi connectivity index (χ3v) is 7.38. The van der Waals surface area contributed by atoms with Crippen LogP contribution in [0.3, 0.4) is 0 Å². The van der Waals surface area contributed by atoms with Gasteiger partial charge in [-0.15, -0.1) is 0 Å². The van der Waals surface area contributed by atoms with Crippen molar-refractivity contribution in [2.45, 2.75) is 39.9 Å². The van der Waals surface area contributed by atoms with Gasteiger partial charge in [-0.1, -0.05) is 0 Å². The zero-order valence-corrected chi connectivity index (χ0v) is 19.0. The summed E-state index contributed by atoms with van der Waals surface area (Å²) < 4.78 is 2.57. The summed E-state index contributed by atoms with van der Waals surface area (Å²) in [7, 11) is 0. The second kappa shape index (κ2) is 4.84. The molecule has 3 nitrogen and oxygen atoms in total. The monoisotopic (exact) mass is 431 g/mol. The zero-order valence-electron chi connectivity index (χ0n) is 10.8. The number of anilines is 2. The second-order valence-corrected chi connectivity index (χ2v) is 9.08. The molecule has 4 heteroatoms. The van der Waals surface area contributed by atoms with Crippen LogP contribution in [-0.2, 0) is 0 Å². The fourth-order valence-corrected chi connectivity index (χ4v) is 7.54. The summed E-state index contributed by atoms with van der Waals surface area (Å²) in [6, 6.07) is 4.77. The van der Waals surface area contributed by atoms with Crippen molar-refractivity contribution in [3.8, 4) is 0 Å². The van der Waals surface area contributed by atoms with Gasteiger partial charge in [-0.3, -0.25) is 0 Å². The minimum atomic E-state index is 0.318. The molecule has 1 aliphatic heterocycles. The Morgan fingerprint density at radius 2 is 2.00 bits per heavy atom. The topological polar surface area (TPSA) is 19.4 Å². The van der Waals surface area contributed by atoms with E-state index in [0.29, 0.717) is 61.3 Å². The van der Waals surface area contributed by atoms with Crippen LogP contribution in [0, 0.1) is 49.1 Å². The van der Waals surface area contributed by atoms with Crippen LogP contribution in [0.15, 0.2) is 18.3 Å². The number of fused-ring (bicyclic) bond motifs is 1. The first-order valence-electron chi connectivity index (χ1n) is 6.00. The van der Waals surface area contributed by atoms with Gasteiger partial charge in [0.2, 0.25) is 0 Å². The normalized spacial score (nSPS) is 19.7. The Kier molecular flexibility index (Phi) is 3.83. The predicted octanol–water partition coefficient (Wildman–Crippen LogP) is 2.30. The molecule has 1 aromatic heterocycles. The van der Waals surface area contributed by atoms with Crippen molar-refractivity contribution in [1.29, 1.82) is 0 Å². The fraction of sp³-hybridized carbons (Fsp3) is 0.583. The van der Waals surface area contributed by atoms with Gasteiger partial charge in [-0.25, -0.2) is 0 Å². The number of aromatic nitrogens is 1. The molecule has 0 bridgehead atoms. The Hall–Kier alpha value is 0.218. The average Bonchev–Trinajstić information content (AvgIpc) is 2.53. The third kappa shape index (κ3) is 2.00. The van der Waals surface area contributed by atoms with Gasteiger partial charge in [0.1, 0.15) is 0 Å². The van der Waals surface area contributed by atoms with Gasteiger partial charge in [0, 0.05) is 0 Å². The molecular weight excluding hydrogens is 412 g/mol. The van der Waals surface area contributed by atoms with Crippen molar-refractivity contribution in [1.82, 2.24) is 4.98 Å². The standard InChI is InChI=1S/C12H18N3.Ra.H/c1-8(2)11-14-10-6-5-7-13-12(10)15(11)9(3)4;;/h5-9,11H,1-4H3;;/q-1;+1;. The van der Waals surface area contributed by atoms with Gasteiger partial charge in [0.05, 0.1) is 0 Å². The molecule has 0 N–H and O–H groups in total. The molecule has 1 atom stereocenters. The first-order chi connectivity index (χ1) is 7.54. The van der Waals surface area contributed by atoms with E-state index in [4.69, 9.17) is 0 Å². The van der Waals surface area contributed by atoms with Crippen molar-refractivity contribution in [3.05, 3.63) is 18.3 Å². The Morgan fingerprint density at radius 1 is 1.31 bits per heavy atom. The van der Waals surface area contributed by atoms with Crippen LogP contribution in [0.1, 0.15) is 27.7 Å². The maximum atomic E-state index is 4.57. The Labute approximate surface area is 128 Å². The molecule has 16 heavy (non-hydrogen) atoms. The molecule has 0 aliphatic carbocycles. The van der Waals surface area contributed by atoms with Crippen molar-refractivity contribution < 1.29 is 43.2 Å². The van der Waals surface area contributed by atoms with Crippen LogP contribution < -0.4 is 5.33 Å². The molecule has 0 spiro atoms. The zero-order chi connectivity index (χ0) is 11.9. The SMILES string of the molecule is CC(C)C1[N]([RaH])c2cccnc2N1C(C)C. The van der Waals surface area contributed by atoms with E-state index in [-0.39, 0.29) is 0 Å². The van der Waals surface area contributed by atoms with Crippen molar-refractivity contribution in [2.75, 3.05) is 5.33 Å². The van der Waals surface area contributed by atoms with E-state index >= 15 is 0 Å². The van der Waals surface area contributed by atoms with Gasteiger partial charge in [-0.2, -0.15) is 0 Å². The van der Waals surface area contributed by atoms with Crippen LogP contribution in [-0.4, -0.2) is 17.2 Å². The molecule has 84 valence electrons. The third-order valence-electron chi connectivity index (χ3n) is 3.23. The van der Waals surface area contributed by atoms with Crippen LogP contribution in [0.4, 0.5) is 11.5 Å². The predicted molar refractivity (Wildman–Crippen MR) is 64.4 cm³/mol. The summed E-state index contributed by atoms with van der Waals surface area (Å²) in [4.78, 5) is 7.04. The van der Waals surface area contributed by atoms with E-state index in [1.165, 1.54) is 11.5 Å². The molecule has 1 unspecified atom stereocenters. The van der Waals surface area contributed by atoms with Gasteiger partial charge in [0.15, 0.2) is 0 Å². The van der Waals surface area contributed by atoms with Gasteiger partial charge >= 0.3 is 129 Å². The quantitative estimate of drug-likeness (QED) is 0.717. The summed E-state index contributed by atoms with van der Waals surface area (Å²) >= 11 is 0.318. The molecule has 0 fully saturated rings.